The molecular formula is C21H22N6O2. The molecule has 3 heterocycles. The Morgan fingerprint density at radius 2 is 1.55 bits per heavy atom. The van der Waals surface area contributed by atoms with E-state index in [0.29, 0.717) is 29.9 Å². The number of carbonyl (C=O) groups is 2. The summed E-state index contributed by atoms with van der Waals surface area (Å²) in [6.07, 6.45) is 3.28. The maximum atomic E-state index is 12.4. The van der Waals surface area contributed by atoms with E-state index in [-0.39, 0.29) is 11.8 Å². The second kappa shape index (κ2) is 7.92. The molecule has 0 fully saturated rings. The molecule has 8 heteroatoms. The second-order valence-electron chi connectivity index (χ2n) is 7.10. The third-order valence-corrected chi connectivity index (χ3v) is 5.11. The summed E-state index contributed by atoms with van der Waals surface area (Å²) in [4.78, 5) is 43.4. The zero-order chi connectivity index (χ0) is 20.4. The molecule has 0 bridgehead atoms. The molecule has 0 radical (unpaired) electrons. The SMILES string of the molecule is CN(CCN1C(=O)c2ccccc2C1=O)CCN(C)c1ccc2nccnc2n1. The molecule has 148 valence electrons. The lowest BCUT2D eigenvalue weighted by Crippen LogP contribution is -2.39. The Bertz CT molecular complexity index is 1030. The number of fused-ring (bicyclic) bond motifs is 2. The Labute approximate surface area is 168 Å². The molecule has 2 amide bonds. The lowest BCUT2D eigenvalue weighted by Gasteiger charge is -2.24. The highest BCUT2D eigenvalue weighted by atomic mass is 16.2. The summed E-state index contributed by atoms with van der Waals surface area (Å²) in [5.41, 5.74) is 2.37. The van der Waals surface area contributed by atoms with E-state index in [1.54, 1.807) is 36.7 Å². The smallest absolute Gasteiger partial charge is 0.261 e. The molecule has 1 aromatic carbocycles. The highest BCUT2D eigenvalue weighted by Crippen LogP contribution is 2.22. The third-order valence-electron chi connectivity index (χ3n) is 5.11. The standard InChI is InChI=1S/C21H22N6O2/c1-25(12-14-27-20(28)15-5-3-4-6-16(15)21(27)29)11-13-26(2)18-8-7-17-19(24-18)23-10-9-22-17/h3-10H,11-14H2,1-2H3. The van der Waals surface area contributed by atoms with Gasteiger partial charge in [0, 0.05) is 45.6 Å². The van der Waals surface area contributed by atoms with Crippen LogP contribution in [0.3, 0.4) is 0 Å². The maximum absolute atomic E-state index is 12.4. The fourth-order valence-electron chi connectivity index (χ4n) is 3.32. The molecule has 1 aliphatic rings. The van der Waals surface area contributed by atoms with Gasteiger partial charge in [-0.05, 0) is 31.3 Å². The highest BCUT2D eigenvalue weighted by molar-refractivity contribution is 6.21. The minimum Gasteiger partial charge on any atom is -0.358 e. The summed E-state index contributed by atoms with van der Waals surface area (Å²) < 4.78 is 0. The van der Waals surface area contributed by atoms with Gasteiger partial charge < -0.3 is 9.80 Å². The molecule has 2 aromatic heterocycles. The molecule has 1 aliphatic heterocycles. The van der Waals surface area contributed by atoms with Gasteiger partial charge in [-0.25, -0.2) is 9.97 Å². The Kier molecular flexibility index (Phi) is 5.18. The fraction of sp³-hybridized carbons (Fsp3) is 0.286. The Morgan fingerprint density at radius 1 is 0.862 bits per heavy atom. The van der Waals surface area contributed by atoms with Crippen molar-refractivity contribution in [3.05, 3.63) is 59.9 Å². The number of carbonyl (C=O) groups excluding carboxylic acids is 2. The van der Waals surface area contributed by atoms with Crippen LogP contribution in [-0.4, -0.2) is 76.8 Å². The zero-order valence-corrected chi connectivity index (χ0v) is 16.4. The number of imide groups is 1. The lowest BCUT2D eigenvalue weighted by atomic mass is 10.1. The van der Waals surface area contributed by atoms with Gasteiger partial charge in [-0.2, -0.15) is 0 Å². The summed E-state index contributed by atoms with van der Waals surface area (Å²) in [5, 5.41) is 0. The third kappa shape index (κ3) is 3.79. The second-order valence-corrected chi connectivity index (χ2v) is 7.10. The lowest BCUT2D eigenvalue weighted by molar-refractivity contribution is 0.0641. The van der Waals surface area contributed by atoms with Crippen LogP contribution in [0.1, 0.15) is 20.7 Å². The quantitative estimate of drug-likeness (QED) is 0.568. The molecule has 0 aliphatic carbocycles. The van der Waals surface area contributed by atoms with Gasteiger partial charge in [-0.3, -0.25) is 19.5 Å². The van der Waals surface area contributed by atoms with Gasteiger partial charge in [-0.15, -0.1) is 0 Å². The summed E-state index contributed by atoms with van der Waals surface area (Å²) in [5.74, 6) is 0.405. The Hall–Kier alpha value is -3.39. The van der Waals surface area contributed by atoms with E-state index in [0.717, 1.165) is 24.4 Å². The number of likely N-dealkylation sites (N-methyl/N-ethyl adjacent to an activating group) is 2. The molecule has 0 saturated heterocycles. The van der Waals surface area contributed by atoms with E-state index in [4.69, 9.17) is 0 Å². The fourth-order valence-corrected chi connectivity index (χ4v) is 3.32. The van der Waals surface area contributed by atoms with Crippen LogP contribution >= 0.6 is 0 Å². The normalized spacial score (nSPS) is 13.4. The van der Waals surface area contributed by atoms with Gasteiger partial charge in [0.2, 0.25) is 0 Å². The number of pyridine rings is 1. The van der Waals surface area contributed by atoms with Crippen molar-refractivity contribution in [1.82, 2.24) is 24.8 Å². The predicted octanol–water partition coefficient (Wildman–Crippen LogP) is 1.69. The Morgan fingerprint density at radius 3 is 2.28 bits per heavy atom. The van der Waals surface area contributed by atoms with Crippen LogP contribution in [0.2, 0.25) is 0 Å². The molecule has 3 aromatic rings. The number of hydrogen-bond acceptors (Lipinski definition) is 7. The average molecular weight is 390 g/mol. The van der Waals surface area contributed by atoms with Crippen molar-refractivity contribution in [1.29, 1.82) is 0 Å². The molecule has 0 unspecified atom stereocenters. The number of nitrogens with zero attached hydrogens (tertiary/aromatic N) is 6. The van der Waals surface area contributed by atoms with Crippen molar-refractivity contribution >= 4 is 28.8 Å². The molecule has 0 saturated carbocycles. The van der Waals surface area contributed by atoms with Gasteiger partial charge in [0.15, 0.2) is 5.65 Å². The minimum atomic E-state index is -0.211. The van der Waals surface area contributed by atoms with Crippen molar-refractivity contribution < 1.29 is 9.59 Å². The number of rotatable bonds is 7. The van der Waals surface area contributed by atoms with Gasteiger partial charge in [0.1, 0.15) is 11.3 Å². The molecular weight excluding hydrogens is 368 g/mol. The molecule has 0 spiro atoms. The number of benzene rings is 1. The first kappa shape index (κ1) is 18.9. The van der Waals surface area contributed by atoms with E-state index in [2.05, 4.69) is 19.9 Å². The van der Waals surface area contributed by atoms with Gasteiger partial charge >= 0.3 is 0 Å². The van der Waals surface area contributed by atoms with E-state index < -0.39 is 0 Å². The van der Waals surface area contributed by atoms with Crippen molar-refractivity contribution in [2.24, 2.45) is 0 Å². The van der Waals surface area contributed by atoms with Crippen LogP contribution in [0.25, 0.3) is 11.2 Å². The first-order valence-corrected chi connectivity index (χ1v) is 9.47. The van der Waals surface area contributed by atoms with Gasteiger partial charge in [0.25, 0.3) is 11.8 Å². The van der Waals surface area contributed by atoms with Crippen molar-refractivity contribution in [3.63, 3.8) is 0 Å². The minimum absolute atomic E-state index is 0.211. The molecule has 8 nitrogen and oxygen atoms in total. The largest absolute Gasteiger partial charge is 0.358 e. The van der Waals surface area contributed by atoms with Gasteiger partial charge in [0.05, 0.1) is 11.1 Å². The van der Waals surface area contributed by atoms with Gasteiger partial charge in [-0.1, -0.05) is 12.1 Å². The maximum Gasteiger partial charge on any atom is 0.261 e. The van der Waals surface area contributed by atoms with Crippen molar-refractivity contribution in [2.45, 2.75) is 0 Å². The summed E-state index contributed by atoms with van der Waals surface area (Å²) in [6, 6.07) is 10.8. The number of anilines is 1. The Balaban J connectivity index is 1.30. The van der Waals surface area contributed by atoms with E-state index in [1.165, 1.54) is 4.90 Å². The monoisotopic (exact) mass is 390 g/mol. The van der Waals surface area contributed by atoms with E-state index in [1.807, 2.05) is 31.1 Å². The topological polar surface area (TPSA) is 82.5 Å². The highest BCUT2D eigenvalue weighted by Gasteiger charge is 2.34. The number of aromatic nitrogens is 3. The van der Waals surface area contributed by atoms with Crippen molar-refractivity contribution in [3.8, 4) is 0 Å². The predicted molar refractivity (Wildman–Crippen MR) is 110 cm³/mol. The number of amides is 2. The van der Waals surface area contributed by atoms with Crippen LogP contribution < -0.4 is 4.90 Å². The summed E-state index contributed by atoms with van der Waals surface area (Å²) in [7, 11) is 3.95. The first-order chi connectivity index (χ1) is 14.0. The van der Waals surface area contributed by atoms with Crippen molar-refractivity contribution in [2.75, 3.05) is 45.2 Å². The van der Waals surface area contributed by atoms with Crippen LogP contribution in [0.15, 0.2) is 48.8 Å². The van der Waals surface area contributed by atoms with Crippen LogP contribution in [0, 0.1) is 0 Å². The van der Waals surface area contributed by atoms with E-state index >= 15 is 0 Å². The van der Waals surface area contributed by atoms with Crippen LogP contribution in [0.4, 0.5) is 5.82 Å². The molecule has 4 rings (SSSR count). The average Bonchev–Trinajstić information content (AvgIpc) is 3.00. The van der Waals surface area contributed by atoms with Crippen LogP contribution in [0.5, 0.6) is 0 Å². The van der Waals surface area contributed by atoms with E-state index in [9.17, 15) is 9.59 Å². The van der Waals surface area contributed by atoms with Crippen LogP contribution in [-0.2, 0) is 0 Å². The molecule has 0 N–H and O–H groups in total. The molecule has 0 atom stereocenters. The summed E-state index contributed by atoms with van der Waals surface area (Å²) in [6.45, 7) is 2.49. The summed E-state index contributed by atoms with van der Waals surface area (Å²) >= 11 is 0. The number of hydrogen-bond donors (Lipinski definition) is 0. The molecule has 29 heavy (non-hydrogen) atoms. The first-order valence-electron chi connectivity index (χ1n) is 9.47. The zero-order valence-electron chi connectivity index (χ0n) is 16.4.